The Balaban J connectivity index is 1.27. The van der Waals surface area contributed by atoms with Crippen molar-refractivity contribution in [3.63, 3.8) is 0 Å². The fraction of sp³-hybridized carbons (Fsp3) is 0.333. The molecule has 1 aliphatic carbocycles. The molecular weight excluding hydrogens is 445 g/mol. The fourth-order valence-corrected chi connectivity index (χ4v) is 4.91. The summed E-state index contributed by atoms with van der Waals surface area (Å²) in [5, 5.41) is 19.3. The topological polar surface area (TPSA) is 96.4 Å². The first-order valence-electron chi connectivity index (χ1n) is 11.0. The van der Waals surface area contributed by atoms with Gasteiger partial charge in [0, 0.05) is 29.7 Å². The maximum absolute atomic E-state index is 13.1. The van der Waals surface area contributed by atoms with E-state index >= 15 is 0 Å². The van der Waals surface area contributed by atoms with E-state index in [-0.39, 0.29) is 11.9 Å². The van der Waals surface area contributed by atoms with Crippen molar-refractivity contribution in [2.24, 2.45) is 5.73 Å². The first-order chi connectivity index (χ1) is 15.9. The molecule has 1 amide bonds. The molecule has 3 aromatic rings. The minimum Gasteiger partial charge on any atom is -0.365 e. The van der Waals surface area contributed by atoms with Crippen LogP contribution in [0.4, 0.5) is 4.39 Å². The van der Waals surface area contributed by atoms with Crippen molar-refractivity contribution >= 4 is 17.5 Å². The van der Waals surface area contributed by atoms with Gasteiger partial charge in [0.15, 0.2) is 6.35 Å². The first-order valence-corrected chi connectivity index (χ1v) is 11.4. The molecule has 7 nitrogen and oxygen atoms in total. The molecule has 1 aliphatic heterocycles. The average molecular weight is 470 g/mol. The number of amides is 1. The second-order valence-electron chi connectivity index (χ2n) is 8.70. The minimum atomic E-state index is -0.858. The van der Waals surface area contributed by atoms with Crippen LogP contribution in [0.2, 0.25) is 5.02 Å². The Bertz CT molecular complexity index is 1180. The van der Waals surface area contributed by atoms with E-state index in [1.807, 2.05) is 23.1 Å². The summed E-state index contributed by atoms with van der Waals surface area (Å²) in [6, 6.07) is 13.9. The lowest BCUT2D eigenvalue weighted by Crippen LogP contribution is -2.54. The third-order valence-corrected chi connectivity index (χ3v) is 6.80. The standard InChI is InChI=1S/C24H25ClFN5O2/c25-17-3-1-2-15(10-17)22-21(23(27)32)20-13-30(8-9-31(20)29-22)24(33)28-19-11-16(12-19)14-4-6-18(26)7-5-14/h1-7,10,16,19,24,28,33H,8-9,11-13H2,(H2,27,32). The predicted molar refractivity (Wildman–Crippen MR) is 123 cm³/mol. The number of benzene rings is 2. The van der Waals surface area contributed by atoms with Crippen LogP contribution in [0.15, 0.2) is 48.5 Å². The summed E-state index contributed by atoms with van der Waals surface area (Å²) in [4.78, 5) is 14.2. The van der Waals surface area contributed by atoms with Gasteiger partial charge in [-0.05, 0) is 48.6 Å². The zero-order valence-corrected chi connectivity index (χ0v) is 18.7. The number of carbonyl (C=O) groups is 1. The number of fused-ring (bicyclic) bond motifs is 1. The Hall–Kier alpha value is -2.78. The summed E-state index contributed by atoms with van der Waals surface area (Å²) in [7, 11) is 0. The van der Waals surface area contributed by atoms with Gasteiger partial charge in [0.25, 0.3) is 5.91 Å². The zero-order valence-electron chi connectivity index (χ0n) is 17.9. The SMILES string of the molecule is NC(=O)c1c(-c2cccc(Cl)c2)nn2c1CN(C(O)NC1CC(c3ccc(F)cc3)C1)CC2. The lowest BCUT2D eigenvalue weighted by atomic mass is 9.76. The number of aliphatic hydroxyl groups is 1. The summed E-state index contributed by atoms with van der Waals surface area (Å²) < 4.78 is 14.9. The number of halogens is 2. The largest absolute Gasteiger partial charge is 0.365 e. The molecule has 2 aromatic carbocycles. The van der Waals surface area contributed by atoms with Gasteiger partial charge in [-0.1, -0.05) is 35.9 Å². The number of aliphatic hydroxyl groups excluding tert-OH is 1. The van der Waals surface area contributed by atoms with Crippen molar-refractivity contribution < 1.29 is 14.3 Å². The highest BCUT2D eigenvalue weighted by molar-refractivity contribution is 6.30. The Morgan fingerprint density at radius 1 is 1.21 bits per heavy atom. The second kappa shape index (κ2) is 8.87. The molecule has 0 saturated heterocycles. The van der Waals surface area contributed by atoms with Gasteiger partial charge in [0.05, 0.1) is 17.8 Å². The van der Waals surface area contributed by atoms with Gasteiger partial charge >= 0.3 is 0 Å². The van der Waals surface area contributed by atoms with Crippen molar-refractivity contribution in [2.75, 3.05) is 6.54 Å². The normalized spacial score (nSPS) is 21.3. The van der Waals surface area contributed by atoms with Gasteiger partial charge in [0.1, 0.15) is 11.5 Å². The van der Waals surface area contributed by atoms with Crippen LogP contribution >= 0.6 is 11.6 Å². The summed E-state index contributed by atoms with van der Waals surface area (Å²) >= 11 is 6.13. The van der Waals surface area contributed by atoms with Crippen molar-refractivity contribution in [1.82, 2.24) is 20.0 Å². The smallest absolute Gasteiger partial charge is 0.252 e. The average Bonchev–Trinajstić information content (AvgIpc) is 3.16. The quantitative estimate of drug-likeness (QED) is 0.482. The summed E-state index contributed by atoms with van der Waals surface area (Å²) in [6.45, 7) is 1.44. The molecule has 1 saturated carbocycles. The Morgan fingerprint density at radius 2 is 1.97 bits per heavy atom. The number of hydrogen-bond acceptors (Lipinski definition) is 5. The number of primary amides is 1. The van der Waals surface area contributed by atoms with E-state index in [1.54, 1.807) is 22.9 Å². The number of nitrogens with two attached hydrogens (primary N) is 1. The van der Waals surface area contributed by atoms with Crippen molar-refractivity contribution in [3.8, 4) is 11.3 Å². The molecular formula is C24H25ClFN5O2. The molecule has 1 fully saturated rings. The third-order valence-electron chi connectivity index (χ3n) is 6.56. The van der Waals surface area contributed by atoms with Crippen LogP contribution in [-0.2, 0) is 13.1 Å². The maximum atomic E-state index is 13.1. The highest BCUT2D eigenvalue weighted by Crippen LogP contribution is 2.37. The predicted octanol–water partition coefficient (Wildman–Crippen LogP) is 3.07. The number of hydrogen-bond donors (Lipinski definition) is 3. The van der Waals surface area contributed by atoms with E-state index in [2.05, 4.69) is 10.4 Å². The number of carbonyl (C=O) groups excluding carboxylic acids is 1. The van der Waals surface area contributed by atoms with Gasteiger partial charge in [-0.25, -0.2) is 4.39 Å². The molecule has 2 heterocycles. The van der Waals surface area contributed by atoms with Crippen LogP contribution in [-0.4, -0.2) is 44.6 Å². The summed E-state index contributed by atoms with van der Waals surface area (Å²) in [5.41, 5.74) is 9.11. The zero-order chi connectivity index (χ0) is 23.1. The Kier molecular flexibility index (Phi) is 5.92. The van der Waals surface area contributed by atoms with E-state index in [4.69, 9.17) is 17.3 Å². The monoisotopic (exact) mass is 469 g/mol. The minimum absolute atomic E-state index is 0.166. The lowest BCUT2D eigenvalue weighted by Gasteiger charge is -2.41. The van der Waals surface area contributed by atoms with Crippen molar-refractivity contribution in [3.05, 3.63) is 76.2 Å². The molecule has 2 aliphatic rings. The molecule has 33 heavy (non-hydrogen) atoms. The molecule has 172 valence electrons. The van der Waals surface area contributed by atoms with Crippen molar-refractivity contribution in [1.29, 1.82) is 0 Å². The van der Waals surface area contributed by atoms with Gasteiger partial charge in [-0.3, -0.25) is 19.7 Å². The number of nitrogens with one attached hydrogen (secondary N) is 1. The summed E-state index contributed by atoms with van der Waals surface area (Å²) in [5.74, 6) is -0.433. The van der Waals surface area contributed by atoms with E-state index < -0.39 is 12.3 Å². The maximum Gasteiger partial charge on any atom is 0.252 e. The molecule has 0 radical (unpaired) electrons. The number of aromatic nitrogens is 2. The highest BCUT2D eigenvalue weighted by atomic mass is 35.5. The van der Waals surface area contributed by atoms with E-state index in [0.29, 0.717) is 47.5 Å². The highest BCUT2D eigenvalue weighted by Gasteiger charge is 2.35. The van der Waals surface area contributed by atoms with Gasteiger partial charge < -0.3 is 10.8 Å². The van der Waals surface area contributed by atoms with Crippen LogP contribution in [0.5, 0.6) is 0 Å². The van der Waals surface area contributed by atoms with Gasteiger partial charge in [-0.2, -0.15) is 5.10 Å². The van der Waals surface area contributed by atoms with E-state index in [1.165, 1.54) is 12.1 Å². The van der Waals surface area contributed by atoms with Crippen LogP contribution in [0.25, 0.3) is 11.3 Å². The molecule has 0 spiro atoms. The molecule has 0 bridgehead atoms. The molecule has 5 rings (SSSR count). The van der Waals surface area contributed by atoms with Gasteiger partial charge in [-0.15, -0.1) is 0 Å². The number of rotatable bonds is 6. The van der Waals surface area contributed by atoms with Crippen molar-refractivity contribution in [2.45, 2.75) is 44.2 Å². The van der Waals surface area contributed by atoms with E-state index in [0.717, 1.165) is 24.0 Å². The van der Waals surface area contributed by atoms with Gasteiger partial charge in [0.2, 0.25) is 0 Å². The van der Waals surface area contributed by atoms with Crippen LogP contribution in [0.1, 0.15) is 40.4 Å². The molecule has 1 atom stereocenters. The molecule has 4 N–H and O–H groups in total. The van der Waals surface area contributed by atoms with E-state index in [9.17, 15) is 14.3 Å². The summed E-state index contributed by atoms with van der Waals surface area (Å²) in [6.07, 6.45) is 0.892. The van der Waals surface area contributed by atoms with Crippen LogP contribution < -0.4 is 11.1 Å². The Morgan fingerprint density at radius 3 is 2.67 bits per heavy atom. The second-order valence-corrected chi connectivity index (χ2v) is 9.13. The number of nitrogens with zero attached hydrogens (tertiary/aromatic N) is 3. The molecule has 9 heteroatoms. The lowest BCUT2D eigenvalue weighted by molar-refractivity contribution is -0.0535. The fourth-order valence-electron chi connectivity index (χ4n) is 4.72. The van der Waals surface area contributed by atoms with Crippen LogP contribution in [0.3, 0.4) is 0 Å². The molecule has 1 aromatic heterocycles. The molecule has 1 unspecified atom stereocenters. The van der Waals surface area contributed by atoms with Crippen LogP contribution in [0, 0.1) is 5.82 Å². The Labute approximate surface area is 195 Å². The third kappa shape index (κ3) is 4.39. The first kappa shape index (κ1) is 22.0.